The molecule has 274 valence electrons. The summed E-state index contributed by atoms with van der Waals surface area (Å²) in [5, 5.41) is 7.48. The number of aromatic nitrogens is 2. The standard InChI is InChI=1S/C40H37ClN8O5/c1-23-24(2)48(44-36(23)27-8-11-33(42-3)32(41)18-27)20-25-4-6-26(7-5-25)38(52)46-16-14-45(15-17-46)29-21-47(22-29)28-9-10-30-31(19-28)40(54)49(39(30)53)34-12-13-35(50)43-37(34)51/h4-11,18-19,29,34H,12-17,20-22H2,1-2H3,(H,43,50,51). The number of amides is 5. The molecule has 13 nitrogen and oxygen atoms in total. The minimum atomic E-state index is -0.989. The maximum Gasteiger partial charge on any atom is 0.262 e. The molecule has 8 rings (SSSR count). The van der Waals surface area contributed by atoms with E-state index in [0.29, 0.717) is 41.9 Å². The van der Waals surface area contributed by atoms with Gasteiger partial charge in [-0.2, -0.15) is 5.10 Å². The Balaban J connectivity index is 0.836. The molecule has 0 saturated carbocycles. The highest BCUT2D eigenvalue weighted by molar-refractivity contribution is 6.33. The van der Waals surface area contributed by atoms with Crippen molar-refractivity contribution in [3.8, 4) is 11.3 Å². The predicted octanol–water partition coefficient (Wildman–Crippen LogP) is 4.47. The van der Waals surface area contributed by atoms with Crippen LogP contribution < -0.4 is 10.2 Å². The summed E-state index contributed by atoms with van der Waals surface area (Å²) in [6.07, 6.45) is 0.200. The highest BCUT2D eigenvalue weighted by Crippen LogP contribution is 2.34. The van der Waals surface area contributed by atoms with E-state index in [1.165, 1.54) is 0 Å². The van der Waals surface area contributed by atoms with Gasteiger partial charge < -0.3 is 9.80 Å². The molecule has 3 saturated heterocycles. The molecule has 3 aromatic carbocycles. The summed E-state index contributed by atoms with van der Waals surface area (Å²) in [5.41, 5.74) is 7.21. The molecule has 1 N–H and O–H groups in total. The number of rotatable bonds is 7. The van der Waals surface area contributed by atoms with Gasteiger partial charge in [0, 0.05) is 79.3 Å². The molecule has 54 heavy (non-hydrogen) atoms. The van der Waals surface area contributed by atoms with E-state index in [9.17, 15) is 24.0 Å². The molecule has 0 radical (unpaired) electrons. The summed E-state index contributed by atoms with van der Waals surface area (Å²) in [6, 6.07) is 17.6. The molecule has 4 aliphatic rings. The number of hydrogen-bond donors (Lipinski definition) is 1. The van der Waals surface area contributed by atoms with Crippen LogP contribution in [0.1, 0.15) is 60.7 Å². The van der Waals surface area contributed by atoms with Crippen LogP contribution in [0.2, 0.25) is 5.02 Å². The molecule has 5 amide bonds. The first-order chi connectivity index (χ1) is 26.0. The number of fused-ring (bicyclic) bond motifs is 1. The molecule has 4 aliphatic heterocycles. The summed E-state index contributed by atoms with van der Waals surface area (Å²) < 4.78 is 1.95. The van der Waals surface area contributed by atoms with Gasteiger partial charge in [0.05, 0.1) is 29.9 Å². The van der Waals surface area contributed by atoms with Gasteiger partial charge in [0.2, 0.25) is 17.5 Å². The highest BCUT2D eigenvalue weighted by Gasteiger charge is 2.45. The molecular weight excluding hydrogens is 708 g/mol. The van der Waals surface area contributed by atoms with Crippen LogP contribution in [-0.2, 0) is 16.1 Å². The maximum atomic E-state index is 13.5. The quantitative estimate of drug-likeness (QED) is 0.217. The monoisotopic (exact) mass is 744 g/mol. The Morgan fingerprint density at radius 3 is 2.33 bits per heavy atom. The van der Waals surface area contributed by atoms with E-state index in [1.807, 2.05) is 59.8 Å². The van der Waals surface area contributed by atoms with Crippen LogP contribution in [0.15, 0.2) is 60.7 Å². The molecule has 0 spiro atoms. The average Bonchev–Trinajstić information content (AvgIpc) is 3.57. The van der Waals surface area contributed by atoms with E-state index in [-0.39, 0.29) is 29.9 Å². The lowest BCUT2D eigenvalue weighted by molar-refractivity contribution is -0.136. The molecule has 5 heterocycles. The summed E-state index contributed by atoms with van der Waals surface area (Å²) >= 11 is 6.29. The van der Waals surface area contributed by atoms with Crippen molar-refractivity contribution in [2.75, 3.05) is 44.2 Å². The largest absolute Gasteiger partial charge is 0.368 e. The minimum Gasteiger partial charge on any atom is -0.368 e. The molecule has 1 unspecified atom stereocenters. The first-order valence-electron chi connectivity index (χ1n) is 17.9. The fraction of sp³-hybridized carbons (Fsp3) is 0.325. The van der Waals surface area contributed by atoms with E-state index < -0.39 is 29.7 Å². The van der Waals surface area contributed by atoms with Crippen molar-refractivity contribution in [1.82, 2.24) is 29.8 Å². The van der Waals surface area contributed by atoms with E-state index >= 15 is 0 Å². The van der Waals surface area contributed by atoms with Crippen LogP contribution in [-0.4, -0.2) is 105 Å². The molecule has 1 aromatic heterocycles. The SMILES string of the molecule is [C-]#[N+]c1ccc(-c2nn(Cc3ccc(C(=O)N4CCN(C5CN(c6ccc7c(c6)C(=O)N(C6CCC(=O)NC6=O)C7=O)C5)CC4)cc3)c(C)c2C)cc1Cl. The second kappa shape index (κ2) is 13.9. The van der Waals surface area contributed by atoms with Gasteiger partial charge in [-0.1, -0.05) is 35.9 Å². The fourth-order valence-electron chi connectivity index (χ4n) is 7.76. The van der Waals surface area contributed by atoms with Crippen molar-refractivity contribution >= 4 is 52.5 Å². The predicted molar refractivity (Wildman–Crippen MR) is 201 cm³/mol. The molecule has 0 bridgehead atoms. The Hall–Kier alpha value is -5.84. The lowest BCUT2D eigenvalue weighted by atomic mass is 10.0. The first kappa shape index (κ1) is 35.2. The van der Waals surface area contributed by atoms with Crippen molar-refractivity contribution in [2.24, 2.45) is 0 Å². The third-order valence-electron chi connectivity index (χ3n) is 11.1. The summed E-state index contributed by atoms with van der Waals surface area (Å²) in [5.74, 6) is -2.04. The molecule has 3 fully saturated rings. The van der Waals surface area contributed by atoms with Gasteiger partial charge in [-0.05, 0) is 67.8 Å². The van der Waals surface area contributed by atoms with E-state index in [2.05, 4.69) is 20.0 Å². The number of nitrogens with zero attached hydrogens (tertiary/aromatic N) is 7. The Morgan fingerprint density at radius 1 is 0.926 bits per heavy atom. The molecule has 1 atom stereocenters. The van der Waals surface area contributed by atoms with Crippen LogP contribution in [0.4, 0.5) is 11.4 Å². The number of benzene rings is 3. The van der Waals surface area contributed by atoms with Gasteiger partial charge in [-0.25, -0.2) is 4.85 Å². The number of carbonyl (C=O) groups is 5. The van der Waals surface area contributed by atoms with Crippen molar-refractivity contribution < 1.29 is 24.0 Å². The van der Waals surface area contributed by atoms with Crippen molar-refractivity contribution in [1.29, 1.82) is 0 Å². The number of anilines is 1. The number of hydrogen-bond acceptors (Lipinski definition) is 8. The van der Waals surface area contributed by atoms with Gasteiger partial charge in [0.25, 0.3) is 17.7 Å². The Labute approximate surface area is 316 Å². The van der Waals surface area contributed by atoms with Gasteiger partial charge in [0.1, 0.15) is 6.04 Å². The van der Waals surface area contributed by atoms with Gasteiger partial charge in [-0.15, -0.1) is 0 Å². The van der Waals surface area contributed by atoms with E-state index in [4.69, 9.17) is 23.3 Å². The summed E-state index contributed by atoms with van der Waals surface area (Å²) in [6.45, 7) is 16.1. The summed E-state index contributed by atoms with van der Waals surface area (Å²) in [4.78, 5) is 74.7. The first-order valence-corrected chi connectivity index (χ1v) is 18.3. The smallest absolute Gasteiger partial charge is 0.262 e. The summed E-state index contributed by atoms with van der Waals surface area (Å²) in [7, 11) is 0. The van der Waals surface area contributed by atoms with Gasteiger partial charge in [0.15, 0.2) is 0 Å². The van der Waals surface area contributed by atoms with Crippen LogP contribution in [0.25, 0.3) is 16.1 Å². The van der Waals surface area contributed by atoms with Crippen LogP contribution in [0, 0.1) is 20.4 Å². The normalized spacial score (nSPS) is 19.1. The van der Waals surface area contributed by atoms with Crippen molar-refractivity contribution in [3.63, 3.8) is 0 Å². The Morgan fingerprint density at radius 2 is 1.65 bits per heavy atom. The van der Waals surface area contributed by atoms with Crippen molar-refractivity contribution in [3.05, 3.63) is 111 Å². The zero-order chi connectivity index (χ0) is 37.8. The zero-order valence-electron chi connectivity index (χ0n) is 29.8. The van der Waals surface area contributed by atoms with Crippen LogP contribution >= 0.6 is 11.6 Å². The molecule has 0 aliphatic carbocycles. The molecule has 4 aromatic rings. The maximum absolute atomic E-state index is 13.5. The second-order valence-electron chi connectivity index (χ2n) is 14.3. The van der Waals surface area contributed by atoms with Crippen LogP contribution in [0.3, 0.4) is 0 Å². The van der Waals surface area contributed by atoms with Crippen molar-refractivity contribution in [2.45, 2.75) is 45.3 Å². The number of imide groups is 2. The van der Waals surface area contributed by atoms with E-state index in [0.717, 1.165) is 64.8 Å². The number of halogens is 1. The fourth-order valence-corrected chi connectivity index (χ4v) is 7.98. The second-order valence-corrected chi connectivity index (χ2v) is 14.7. The third kappa shape index (κ3) is 6.21. The van der Waals surface area contributed by atoms with Gasteiger partial charge in [-0.3, -0.25) is 43.8 Å². The number of carbonyl (C=O) groups excluding carboxylic acids is 5. The number of nitrogens with one attached hydrogen (secondary N) is 1. The molecular formula is C40H37ClN8O5. The molecule has 14 heteroatoms. The van der Waals surface area contributed by atoms with E-state index in [1.54, 1.807) is 24.3 Å². The lowest BCUT2D eigenvalue weighted by Crippen LogP contribution is -2.63. The topological polar surface area (TPSA) is 133 Å². The Bertz CT molecular complexity index is 2280. The zero-order valence-corrected chi connectivity index (χ0v) is 30.6. The number of piperazine rings is 1. The highest BCUT2D eigenvalue weighted by atomic mass is 35.5. The van der Waals surface area contributed by atoms with Crippen LogP contribution in [0.5, 0.6) is 0 Å². The average molecular weight is 745 g/mol. The van der Waals surface area contributed by atoms with Gasteiger partial charge >= 0.3 is 0 Å². The third-order valence-corrected chi connectivity index (χ3v) is 11.5. The minimum absolute atomic E-state index is 0.00767. The lowest BCUT2D eigenvalue weighted by Gasteiger charge is -2.49. The number of piperidine rings is 1. The Kier molecular flexibility index (Phi) is 9.03.